The Labute approximate surface area is 221 Å². The van der Waals surface area contributed by atoms with Crippen molar-refractivity contribution in [2.75, 3.05) is 43.6 Å². The minimum atomic E-state index is -0.128. The van der Waals surface area contributed by atoms with E-state index in [1.807, 2.05) is 42.7 Å². The van der Waals surface area contributed by atoms with E-state index < -0.39 is 0 Å². The Kier molecular flexibility index (Phi) is 6.81. The molecule has 2 aromatic carbocycles. The highest BCUT2D eigenvalue weighted by molar-refractivity contribution is 5.74. The number of H-pyrrole nitrogens is 1. The van der Waals surface area contributed by atoms with Gasteiger partial charge in [-0.15, -0.1) is 0 Å². The molecule has 0 atom stereocenters. The molecule has 2 aliphatic heterocycles. The van der Waals surface area contributed by atoms with E-state index in [2.05, 4.69) is 38.4 Å². The zero-order chi connectivity index (χ0) is 25.9. The van der Waals surface area contributed by atoms with Crippen molar-refractivity contribution in [2.24, 2.45) is 0 Å². The molecule has 8 heteroatoms. The number of pyridine rings is 2. The number of ether oxygens (including phenoxy) is 3. The summed E-state index contributed by atoms with van der Waals surface area (Å²) >= 11 is 0. The highest BCUT2D eigenvalue weighted by Crippen LogP contribution is 2.43. The number of hydrogen-bond donors (Lipinski definition) is 2. The van der Waals surface area contributed by atoms with Gasteiger partial charge < -0.3 is 29.4 Å². The first-order valence-corrected chi connectivity index (χ1v) is 12.8. The van der Waals surface area contributed by atoms with Gasteiger partial charge in [0.25, 0.3) is 0 Å². The molecule has 0 amide bonds. The fourth-order valence-electron chi connectivity index (χ4n) is 5.06. The second-order valence-corrected chi connectivity index (χ2v) is 9.60. The lowest BCUT2D eigenvalue weighted by Gasteiger charge is -2.29. The first kappa shape index (κ1) is 24.2. The van der Waals surface area contributed by atoms with Crippen LogP contribution >= 0.6 is 0 Å². The topological polar surface area (TPSA) is 88.7 Å². The number of aromatic amines is 1. The Balaban J connectivity index is 1.23. The summed E-state index contributed by atoms with van der Waals surface area (Å²) in [5.74, 6) is 1.61. The van der Waals surface area contributed by atoms with Crippen molar-refractivity contribution in [1.29, 1.82) is 0 Å². The summed E-state index contributed by atoms with van der Waals surface area (Å²) in [6.45, 7) is 4.07. The number of nitrogens with one attached hydrogen (secondary N) is 2. The summed E-state index contributed by atoms with van der Waals surface area (Å²) in [5, 5.41) is 3.50. The standard InChI is InChI=1S/C30H30N4O4/c1-36-19-21-11-20(16-31-17-21)18-32-24-5-6-28-23(13-24)12-22-3-2-4-26(30(22)38-28)27-14-25(15-29(35)33-27)34-7-9-37-10-8-34/h2-6,11,13-17,32H,7-10,12,18-19H2,1H3,(H,33,35). The molecule has 8 nitrogen and oxygen atoms in total. The third kappa shape index (κ3) is 5.14. The average molecular weight is 511 g/mol. The maximum absolute atomic E-state index is 12.6. The minimum Gasteiger partial charge on any atom is -0.456 e. The molecule has 0 saturated carbocycles. The maximum Gasteiger partial charge on any atom is 0.250 e. The van der Waals surface area contributed by atoms with Gasteiger partial charge in [-0.1, -0.05) is 12.1 Å². The largest absolute Gasteiger partial charge is 0.456 e. The van der Waals surface area contributed by atoms with E-state index in [-0.39, 0.29) is 5.56 Å². The highest BCUT2D eigenvalue weighted by atomic mass is 16.5. The second-order valence-electron chi connectivity index (χ2n) is 9.60. The molecule has 0 radical (unpaired) electrons. The van der Waals surface area contributed by atoms with Gasteiger partial charge in [0.1, 0.15) is 11.5 Å². The number of benzene rings is 2. The average Bonchev–Trinajstić information content (AvgIpc) is 2.95. The molecule has 4 aromatic rings. The van der Waals surface area contributed by atoms with E-state index in [1.165, 1.54) is 0 Å². The van der Waals surface area contributed by atoms with Gasteiger partial charge in [0.2, 0.25) is 5.56 Å². The molecule has 0 bridgehead atoms. The van der Waals surface area contributed by atoms with Gasteiger partial charge in [-0.2, -0.15) is 0 Å². The van der Waals surface area contributed by atoms with Crippen LogP contribution in [0, 0.1) is 0 Å². The zero-order valence-corrected chi connectivity index (χ0v) is 21.3. The summed E-state index contributed by atoms with van der Waals surface area (Å²) in [6.07, 6.45) is 4.43. The lowest BCUT2D eigenvalue weighted by atomic mass is 9.96. The van der Waals surface area contributed by atoms with Crippen LogP contribution in [0.4, 0.5) is 11.4 Å². The molecule has 6 rings (SSSR count). The van der Waals surface area contributed by atoms with Crippen LogP contribution in [-0.2, 0) is 29.0 Å². The quantitative estimate of drug-likeness (QED) is 0.327. The summed E-state index contributed by atoms with van der Waals surface area (Å²) in [5.41, 5.74) is 7.77. The van der Waals surface area contributed by atoms with Crippen molar-refractivity contribution in [1.82, 2.24) is 9.97 Å². The van der Waals surface area contributed by atoms with Crippen LogP contribution in [0.1, 0.15) is 22.3 Å². The SMILES string of the molecule is COCc1cncc(CNc2ccc3c(c2)Cc2cccc(-c4cc(N5CCOCC5)cc(=O)[nH]4)c2O3)c1. The summed E-state index contributed by atoms with van der Waals surface area (Å²) < 4.78 is 17.1. The smallest absolute Gasteiger partial charge is 0.250 e. The number of methoxy groups -OCH3 is 1. The Morgan fingerprint density at radius 1 is 1.03 bits per heavy atom. The number of rotatable bonds is 7. The van der Waals surface area contributed by atoms with Gasteiger partial charge in [-0.25, -0.2) is 0 Å². The third-order valence-electron chi connectivity index (χ3n) is 6.90. The molecule has 1 saturated heterocycles. The number of nitrogens with zero attached hydrogens (tertiary/aromatic N) is 2. The van der Waals surface area contributed by atoms with E-state index in [1.54, 1.807) is 13.2 Å². The van der Waals surface area contributed by atoms with Gasteiger partial charge in [0.15, 0.2) is 0 Å². The number of morpholine rings is 1. The van der Waals surface area contributed by atoms with E-state index >= 15 is 0 Å². The van der Waals surface area contributed by atoms with E-state index in [4.69, 9.17) is 14.2 Å². The Hall–Kier alpha value is -4.14. The van der Waals surface area contributed by atoms with Crippen LogP contribution in [0.25, 0.3) is 11.3 Å². The number of para-hydroxylation sites is 1. The van der Waals surface area contributed by atoms with Crippen molar-refractivity contribution >= 4 is 11.4 Å². The molecular formula is C30H30N4O4. The third-order valence-corrected chi connectivity index (χ3v) is 6.90. The molecule has 4 heterocycles. The number of anilines is 2. The van der Waals surface area contributed by atoms with E-state index in [0.717, 1.165) is 75.9 Å². The van der Waals surface area contributed by atoms with Gasteiger partial charge in [0, 0.05) is 74.1 Å². The lowest BCUT2D eigenvalue weighted by molar-refractivity contribution is 0.122. The van der Waals surface area contributed by atoms with Crippen molar-refractivity contribution < 1.29 is 14.2 Å². The van der Waals surface area contributed by atoms with Crippen molar-refractivity contribution in [3.05, 3.63) is 99.6 Å². The van der Waals surface area contributed by atoms with E-state index in [9.17, 15) is 4.79 Å². The summed E-state index contributed by atoms with van der Waals surface area (Å²) in [7, 11) is 1.68. The number of aromatic nitrogens is 2. The predicted octanol–water partition coefficient (Wildman–Crippen LogP) is 4.73. The molecule has 0 spiro atoms. The molecule has 1 fully saturated rings. The van der Waals surface area contributed by atoms with Crippen LogP contribution in [0.2, 0.25) is 0 Å². The molecule has 2 aromatic heterocycles. The number of hydrogen-bond acceptors (Lipinski definition) is 7. The fourth-order valence-corrected chi connectivity index (χ4v) is 5.06. The minimum absolute atomic E-state index is 0.128. The van der Waals surface area contributed by atoms with Crippen LogP contribution in [0.15, 0.2) is 71.8 Å². The van der Waals surface area contributed by atoms with Gasteiger partial charge in [-0.05, 0) is 53.1 Å². The highest BCUT2D eigenvalue weighted by Gasteiger charge is 2.22. The van der Waals surface area contributed by atoms with Crippen LogP contribution in [0.3, 0.4) is 0 Å². The second kappa shape index (κ2) is 10.7. The first-order chi connectivity index (χ1) is 18.7. The van der Waals surface area contributed by atoms with Gasteiger partial charge >= 0.3 is 0 Å². The summed E-state index contributed by atoms with van der Waals surface area (Å²) in [6, 6.07) is 18.1. The fraction of sp³-hybridized carbons (Fsp3) is 0.267. The molecule has 38 heavy (non-hydrogen) atoms. The molecule has 0 unspecified atom stereocenters. The van der Waals surface area contributed by atoms with Crippen LogP contribution < -0.4 is 20.5 Å². The van der Waals surface area contributed by atoms with Crippen molar-refractivity contribution in [3.8, 4) is 22.8 Å². The molecule has 194 valence electrons. The van der Waals surface area contributed by atoms with Crippen LogP contribution in [-0.4, -0.2) is 43.4 Å². The lowest BCUT2D eigenvalue weighted by Crippen LogP contribution is -2.36. The number of fused-ring (bicyclic) bond motifs is 2. The first-order valence-electron chi connectivity index (χ1n) is 12.8. The van der Waals surface area contributed by atoms with Gasteiger partial charge in [-0.3, -0.25) is 9.78 Å². The molecular weight excluding hydrogens is 480 g/mol. The maximum atomic E-state index is 12.6. The molecule has 0 aliphatic carbocycles. The van der Waals surface area contributed by atoms with Gasteiger partial charge in [0.05, 0.1) is 25.5 Å². The van der Waals surface area contributed by atoms with Crippen LogP contribution in [0.5, 0.6) is 11.5 Å². The van der Waals surface area contributed by atoms with Crippen molar-refractivity contribution in [2.45, 2.75) is 19.6 Å². The normalized spacial score (nSPS) is 14.4. The molecule has 2 aliphatic rings. The van der Waals surface area contributed by atoms with E-state index in [0.29, 0.717) is 26.4 Å². The Morgan fingerprint density at radius 2 is 1.89 bits per heavy atom. The zero-order valence-electron chi connectivity index (χ0n) is 21.3. The van der Waals surface area contributed by atoms with Crippen molar-refractivity contribution in [3.63, 3.8) is 0 Å². The molecule has 2 N–H and O–H groups in total. The Morgan fingerprint density at radius 3 is 2.76 bits per heavy atom. The monoisotopic (exact) mass is 510 g/mol. The Bertz CT molecular complexity index is 1510. The summed E-state index contributed by atoms with van der Waals surface area (Å²) in [4.78, 5) is 22.1. The predicted molar refractivity (Wildman–Crippen MR) is 147 cm³/mol.